The van der Waals surface area contributed by atoms with Crippen molar-refractivity contribution in [3.63, 3.8) is 0 Å². The van der Waals surface area contributed by atoms with E-state index in [1.807, 2.05) is 42.2 Å². The van der Waals surface area contributed by atoms with Gasteiger partial charge < -0.3 is 24.4 Å². The number of benzene rings is 1. The highest BCUT2D eigenvalue weighted by Crippen LogP contribution is 2.60. The molecule has 0 aromatic heterocycles. The average Bonchev–Trinajstić information content (AvgIpc) is 3.63. The fourth-order valence-corrected chi connectivity index (χ4v) is 9.97. The maximum absolute atomic E-state index is 13.9. The molecule has 0 spiro atoms. The third kappa shape index (κ3) is 8.46. The second-order valence-corrected chi connectivity index (χ2v) is 16.0. The van der Waals surface area contributed by atoms with Gasteiger partial charge in [0.15, 0.2) is 0 Å². The molecule has 0 radical (unpaired) electrons. The smallest absolute Gasteiger partial charge is 0.329 e. The molecule has 4 aliphatic rings. The molecule has 8 nitrogen and oxygen atoms in total. The summed E-state index contributed by atoms with van der Waals surface area (Å²) < 4.78 is 17.9. The summed E-state index contributed by atoms with van der Waals surface area (Å²) in [5.41, 5.74) is 1.06. The molecule has 3 saturated carbocycles. The summed E-state index contributed by atoms with van der Waals surface area (Å²) in [4.78, 5) is 43.3. The molecule has 5 rings (SSSR count). The Balaban J connectivity index is 1.24. The average molecular weight is 667 g/mol. The first kappa shape index (κ1) is 36.8. The monoisotopic (exact) mass is 666 g/mol. The standard InChI is InChI=1S/C40H62N2O6/c1-7-26(2)27(3)35(46-5)21-36(43)42-18-12-17-34(42)37(47-6)28(4)38(44)41-33(20-29-13-9-8-10-14-29)39(45)48-25-40-22-30-15-11-16-31(23-40)32(19-30)24-40/h8-10,13-14,26-28,30-35,37H,7,11-12,15-25H2,1-6H3,(H,41,44)/t26-,27-,28+,30?,31?,32?,33-,34-,35+,37+,40?/m0/s1. The number of methoxy groups -OCH3 is 2. The van der Waals surface area contributed by atoms with Gasteiger partial charge in [-0.05, 0) is 73.7 Å². The highest BCUT2D eigenvalue weighted by molar-refractivity contribution is 5.86. The predicted octanol–water partition coefficient (Wildman–Crippen LogP) is 6.59. The van der Waals surface area contributed by atoms with Crippen molar-refractivity contribution >= 4 is 17.8 Å². The number of nitrogens with zero attached hydrogens (tertiary/aromatic N) is 1. The predicted molar refractivity (Wildman–Crippen MR) is 187 cm³/mol. The Morgan fingerprint density at radius 2 is 1.71 bits per heavy atom. The van der Waals surface area contributed by atoms with Crippen molar-refractivity contribution in [2.45, 2.75) is 129 Å². The summed E-state index contributed by atoms with van der Waals surface area (Å²) >= 11 is 0. The van der Waals surface area contributed by atoms with Crippen molar-refractivity contribution in [1.82, 2.24) is 10.2 Å². The van der Waals surface area contributed by atoms with Crippen LogP contribution in [0.15, 0.2) is 30.3 Å². The number of carbonyl (C=O) groups excluding carboxylic acids is 3. The minimum absolute atomic E-state index is 0.0417. The molecule has 1 saturated heterocycles. The number of nitrogens with one attached hydrogen (secondary N) is 1. The zero-order chi connectivity index (χ0) is 34.4. The van der Waals surface area contributed by atoms with Gasteiger partial charge >= 0.3 is 5.97 Å². The van der Waals surface area contributed by atoms with Crippen LogP contribution < -0.4 is 5.32 Å². The number of ether oxygens (including phenoxy) is 3. The van der Waals surface area contributed by atoms with Gasteiger partial charge in [0, 0.05) is 32.6 Å². The number of rotatable bonds is 16. The van der Waals surface area contributed by atoms with Crippen LogP contribution >= 0.6 is 0 Å². The summed E-state index contributed by atoms with van der Waals surface area (Å²) in [7, 11) is 3.30. The number of likely N-dealkylation sites (tertiary alicyclic amines) is 1. The second-order valence-electron chi connectivity index (χ2n) is 16.0. The van der Waals surface area contributed by atoms with Gasteiger partial charge in [-0.3, -0.25) is 9.59 Å². The number of esters is 1. The first-order chi connectivity index (χ1) is 23.1. The van der Waals surface area contributed by atoms with E-state index < -0.39 is 18.1 Å². The normalized spacial score (nSPS) is 30.2. The number of hydrogen-bond donors (Lipinski definition) is 1. The van der Waals surface area contributed by atoms with Gasteiger partial charge in [-0.1, -0.05) is 83.7 Å². The van der Waals surface area contributed by atoms with Crippen LogP contribution in [-0.4, -0.2) is 74.3 Å². The van der Waals surface area contributed by atoms with Crippen LogP contribution in [0.2, 0.25) is 0 Å². The van der Waals surface area contributed by atoms with E-state index in [1.165, 1.54) is 38.5 Å². The Labute approximate surface area is 289 Å². The third-order valence-corrected chi connectivity index (χ3v) is 13.0. The van der Waals surface area contributed by atoms with Crippen LogP contribution in [0.4, 0.5) is 0 Å². The highest BCUT2D eigenvalue weighted by atomic mass is 16.5. The van der Waals surface area contributed by atoms with Gasteiger partial charge in [0.1, 0.15) is 6.04 Å². The van der Waals surface area contributed by atoms with Crippen molar-refractivity contribution in [3.05, 3.63) is 35.9 Å². The second kappa shape index (κ2) is 16.5. The van der Waals surface area contributed by atoms with Crippen LogP contribution in [0, 0.1) is 40.9 Å². The van der Waals surface area contributed by atoms with E-state index in [0.717, 1.165) is 49.0 Å². The summed E-state index contributed by atoms with van der Waals surface area (Å²) in [6.07, 6.45) is 11.5. The number of hydrogen-bond acceptors (Lipinski definition) is 6. The number of carbonyl (C=O) groups is 3. The molecule has 8 heteroatoms. The molecule has 3 bridgehead atoms. The molecule has 1 aromatic carbocycles. The molecular formula is C40H62N2O6. The van der Waals surface area contributed by atoms with Gasteiger partial charge in [0.05, 0.1) is 37.2 Å². The lowest BCUT2D eigenvalue weighted by Crippen LogP contribution is -2.53. The topological polar surface area (TPSA) is 94.2 Å². The molecule has 1 aromatic rings. The van der Waals surface area contributed by atoms with Crippen LogP contribution in [-0.2, 0) is 35.0 Å². The third-order valence-electron chi connectivity index (χ3n) is 13.0. The SMILES string of the molecule is CC[C@H](C)[C@H](C)[C@@H](CC(=O)N1CCC[C@H]1[C@H](OC)[C@@H](C)C(=O)N[C@@H](Cc1ccccc1)C(=O)OCC12CC3CCCC(C1)C(C3)C2)OC. The molecule has 48 heavy (non-hydrogen) atoms. The number of amides is 2. The lowest BCUT2D eigenvalue weighted by atomic mass is 9.70. The van der Waals surface area contributed by atoms with E-state index in [0.29, 0.717) is 31.9 Å². The van der Waals surface area contributed by atoms with Crippen molar-refractivity contribution in [1.29, 1.82) is 0 Å². The minimum atomic E-state index is -0.803. The van der Waals surface area contributed by atoms with Crippen LogP contribution in [0.25, 0.3) is 0 Å². The maximum atomic E-state index is 13.9. The molecule has 11 atom stereocenters. The summed E-state index contributed by atoms with van der Waals surface area (Å²) in [5, 5.41) is 3.07. The molecule has 3 aliphatic carbocycles. The Hall–Kier alpha value is -2.45. The Morgan fingerprint density at radius 3 is 2.42 bits per heavy atom. The lowest BCUT2D eigenvalue weighted by Gasteiger charge is -2.38. The van der Waals surface area contributed by atoms with Gasteiger partial charge in [0.2, 0.25) is 11.8 Å². The van der Waals surface area contributed by atoms with Crippen LogP contribution in [0.5, 0.6) is 0 Å². The fraction of sp³-hybridized carbons (Fsp3) is 0.775. The van der Waals surface area contributed by atoms with Crippen molar-refractivity contribution in [2.75, 3.05) is 27.4 Å². The van der Waals surface area contributed by atoms with E-state index in [1.54, 1.807) is 14.2 Å². The summed E-state index contributed by atoms with van der Waals surface area (Å²) in [5.74, 6) is 1.85. The van der Waals surface area contributed by atoms with Crippen LogP contribution in [0.3, 0.4) is 0 Å². The first-order valence-electron chi connectivity index (χ1n) is 18.9. The summed E-state index contributed by atoms with van der Waals surface area (Å²) in [6.45, 7) is 9.45. The van der Waals surface area contributed by atoms with E-state index in [-0.39, 0.29) is 41.3 Å². The van der Waals surface area contributed by atoms with Gasteiger partial charge in [-0.2, -0.15) is 0 Å². The number of fused-ring (bicyclic) bond motifs is 2. The van der Waals surface area contributed by atoms with Gasteiger partial charge in [-0.15, -0.1) is 0 Å². The van der Waals surface area contributed by atoms with E-state index in [2.05, 4.69) is 26.1 Å². The Bertz CT molecular complexity index is 1220. The molecule has 1 heterocycles. The van der Waals surface area contributed by atoms with E-state index >= 15 is 0 Å². The Kier molecular flexibility index (Phi) is 12.7. The zero-order valence-electron chi connectivity index (χ0n) is 30.5. The Morgan fingerprint density at radius 1 is 0.958 bits per heavy atom. The minimum Gasteiger partial charge on any atom is -0.464 e. The van der Waals surface area contributed by atoms with E-state index in [4.69, 9.17) is 14.2 Å². The molecule has 4 fully saturated rings. The lowest BCUT2D eigenvalue weighted by molar-refractivity contribution is -0.153. The molecule has 1 N–H and O–H groups in total. The van der Waals surface area contributed by atoms with Crippen molar-refractivity contribution < 1.29 is 28.6 Å². The molecular weight excluding hydrogens is 604 g/mol. The van der Waals surface area contributed by atoms with Crippen molar-refractivity contribution in [2.24, 2.45) is 40.9 Å². The van der Waals surface area contributed by atoms with Gasteiger partial charge in [0.25, 0.3) is 0 Å². The van der Waals surface area contributed by atoms with Crippen molar-refractivity contribution in [3.8, 4) is 0 Å². The zero-order valence-corrected chi connectivity index (χ0v) is 30.5. The molecule has 2 amide bonds. The first-order valence-corrected chi connectivity index (χ1v) is 18.9. The highest BCUT2D eigenvalue weighted by Gasteiger charge is 2.52. The quantitative estimate of drug-likeness (QED) is 0.200. The fourth-order valence-electron chi connectivity index (χ4n) is 9.97. The van der Waals surface area contributed by atoms with E-state index in [9.17, 15) is 14.4 Å². The van der Waals surface area contributed by atoms with Crippen LogP contribution in [0.1, 0.15) is 104 Å². The molecule has 4 unspecified atom stereocenters. The molecule has 268 valence electrons. The summed E-state index contributed by atoms with van der Waals surface area (Å²) in [6, 6.07) is 8.78. The molecule has 1 aliphatic heterocycles. The maximum Gasteiger partial charge on any atom is 0.329 e. The largest absolute Gasteiger partial charge is 0.464 e. The van der Waals surface area contributed by atoms with Gasteiger partial charge in [-0.25, -0.2) is 4.79 Å².